The zero-order valence-corrected chi connectivity index (χ0v) is 12.5. The third kappa shape index (κ3) is 3.85. The van der Waals surface area contributed by atoms with E-state index in [9.17, 15) is 0 Å². The van der Waals surface area contributed by atoms with Gasteiger partial charge in [-0.1, -0.05) is 23.2 Å². The molecule has 0 aliphatic carbocycles. The highest BCUT2D eigenvalue weighted by Gasteiger charge is 2.07. The molecule has 106 valence electrons. The SMILES string of the molecule is CN(C)c1nc(N)nc(COc2cc(Cl)cc(Cl)c2)n1. The molecule has 0 atom stereocenters. The van der Waals surface area contributed by atoms with E-state index >= 15 is 0 Å². The van der Waals surface area contributed by atoms with E-state index in [2.05, 4.69) is 15.0 Å². The molecule has 0 bridgehead atoms. The van der Waals surface area contributed by atoms with Crippen molar-refractivity contribution in [3.05, 3.63) is 34.1 Å². The number of benzene rings is 1. The molecular formula is C12H13Cl2N5O. The van der Waals surface area contributed by atoms with Crippen LogP contribution in [-0.2, 0) is 6.61 Å². The van der Waals surface area contributed by atoms with Crippen LogP contribution >= 0.6 is 23.2 Å². The lowest BCUT2D eigenvalue weighted by Gasteiger charge is -2.12. The first-order valence-corrected chi connectivity index (χ1v) is 6.46. The van der Waals surface area contributed by atoms with Crippen molar-refractivity contribution in [1.82, 2.24) is 15.0 Å². The van der Waals surface area contributed by atoms with Crippen molar-refractivity contribution in [2.75, 3.05) is 24.7 Å². The van der Waals surface area contributed by atoms with Gasteiger partial charge >= 0.3 is 0 Å². The maximum absolute atomic E-state index is 5.89. The first-order chi connectivity index (χ1) is 9.44. The van der Waals surface area contributed by atoms with Crippen LogP contribution in [-0.4, -0.2) is 29.0 Å². The molecule has 2 rings (SSSR count). The molecule has 2 N–H and O–H groups in total. The number of halogens is 2. The summed E-state index contributed by atoms with van der Waals surface area (Å²) < 4.78 is 5.55. The van der Waals surface area contributed by atoms with Gasteiger partial charge in [0, 0.05) is 24.1 Å². The Labute approximate surface area is 126 Å². The fraction of sp³-hybridized carbons (Fsp3) is 0.250. The maximum atomic E-state index is 5.89. The molecule has 0 spiro atoms. The van der Waals surface area contributed by atoms with E-state index in [1.807, 2.05) is 14.1 Å². The van der Waals surface area contributed by atoms with Crippen LogP contribution in [0.25, 0.3) is 0 Å². The Morgan fingerprint density at radius 1 is 1.10 bits per heavy atom. The maximum Gasteiger partial charge on any atom is 0.230 e. The minimum atomic E-state index is 0.143. The topological polar surface area (TPSA) is 77.2 Å². The van der Waals surface area contributed by atoms with Gasteiger partial charge in [0.05, 0.1) is 0 Å². The van der Waals surface area contributed by atoms with Crippen LogP contribution in [0.3, 0.4) is 0 Å². The van der Waals surface area contributed by atoms with E-state index in [-0.39, 0.29) is 12.6 Å². The Kier molecular flexibility index (Phi) is 4.46. The molecule has 20 heavy (non-hydrogen) atoms. The van der Waals surface area contributed by atoms with Crippen molar-refractivity contribution in [3.63, 3.8) is 0 Å². The Hall–Kier alpha value is -1.79. The number of nitrogens with two attached hydrogens (primary N) is 1. The Bertz CT molecular complexity index is 601. The third-order valence-corrected chi connectivity index (χ3v) is 2.73. The Balaban J connectivity index is 2.14. The van der Waals surface area contributed by atoms with E-state index in [0.29, 0.717) is 27.6 Å². The highest BCUT2D eigenvalue weighted by molar-refractivity contribution is 6.34. The van der Waals surface area contributed by atoms with Crippen molar-refractivity contribution >= 4 is 35.1 Å². The van der Waals surface area contributed by atoms with Crippen LogP contribution < -0.4 is 15.4 Å². The second-order valence-corrected chi connectivity index (χ2v) is 5.07. The first-order valence-electron chi connectivity index (χ1n) is 5.70. The summed E-state index contributed by atoms with van der Waals surface area (Å²) >= 11 is 11.8. The van der Waals surface area contributed by atoms with Gasteiger partial charge in [-0.05, 0) is 18.2 Å². The molecule has 0 saturated heterocycles. The molecule has 0 fully saturated rings. The van der Waals surface area contributed by atoms with Gasteiger partial charge in [-0.25, -0.2) is 0 Å². The highest BCUT2D eigenvalue weighted by Crippen LogP contribution is 2.24. The van der Waals surface area contributed by atoms with Gasteiger partial charge in [0.2, 0.25) is 11.9 Å². The molecule has 0 unspecified atom stereocenters. The normalized spacial score (nSPS) is 10.4. The van der Waals surface area contributed by atoms with E-state index < -0.39 is 0 Å². The lowest BCUT2D eigenvalue weighted by atomic mass is 10.3. The monoisotopic (exact) mass is 313 g/mol. The highest BCUT2D eigenvalue weighted by atomic mass is 35.5. The zero-order chi connectivity index (χ0) is 14.7. The van der Waals surface area contributed by atoms with Crippen LogP contribution in [0.2, 0.25) is 10.0 Å². The van der Waals surface area contributed by atoms with Crippen LogP contribution in [0, 0.1) is 0 Å². The van der Waals surface area contributed by atoms with Gasteiger partial charge in [-0.3, -0.25) is 0 Å². The predicted molar refractivity (Wildman–Crippen MR) is 79.4 cm³/mol. The lowest BCUT2D eigenvalue weighted by molar-refractivity contribution is 0.296. The third-order valence-electron chi connectivity index (χ3n) is 2.29. The number of aromatic nitrogens is 3. The minimum Gasteiger partial charge on any atom is -0.486 e. The number of anilines is 2. The number of rotatable bonds is 4. The number of hydrogen-bond donors (Lipinski definition) is 1. The molecule has 0 saturated carbocycles. The molecule has 1 aromatic heterocycles. The number of ether oxygens (including phenoxy) is 1. The van der Waals surface area contributed by atoms with Crippen molar-refractivity contribution in [2.24, 2.45) is 0 Å². The largest absolute Gasteiger partial charge is 0.486 e. The molecule has 0 amide bonds. The average Bonchev–Trinajstić information content (AvgIpc) is 2.34. The summed E-state index contributed by atoms with van der Waals surface area (Å²) in [5.41, 5.74) is 5.63. The number of nitrogens with zero attached hydrogens (tertiary/aromatic N) is 4. The van der Waals surface area contributed by atoms with Crippen molar-refractivity contribution in [1.29, 1.82) is 0 Å². The van der Waals surface area contributed by atoms with Crippen LogP contribution in [0.15, 0.2) is 18.2 Å². The van der Waals surface area contributed by atoms with Crippen LogP contribution in [0.4, 0.5) is 11.9 Å². The number of nitrogen functional groups attached to an aromatic ring is 1. The van der Waals surface area contributed by atoms with Crippen molar-refractivity contribution < 1.29 is 4.74 Å². The van der Waals surface area contributed by atoms with Gasteiger partial charge in [-0.15, -0.1) is 0 Å². The molecule has 0 aliphatic heterocycles. The van der Waals surface area contributed by atoms with Crippen molar-refractivity contribution in [2.45, 2.75) is 6.61 Å². The second-order valence-electron chi connectivity index (χ2n) is 4.20. The first kappa shape index (κ1) is 14.6. The van der Waals surface area contributed by atoms with Gasteiger partial charge in [0.1, 0.15) is 12.4 Å². The summed E-state index contributed by atoms with van der Waals surface area (Å²) in [4.78, 5) is 14.0. The molecule has 1 heterocycles. The molecule has 1 aromatic carbocycles. The Morgan fingerprint density at radius 3 is 2.35 bits per heavy atom. The fourth-order valence-electron chi connectivity index (χ4n) is 1.45. The van der Waals surface area contributed by atoms with Gasteiger partial charge in [-0.2, -0.15) is 15.0 Å². The second kappa shape index (κ2) is 6.11. The lowest BCUT2D eigenvalue weighted by Crippen LogP contribution is -2.16. The summed E-state index contributed by atoms with van der Waals surface area (Å²) in [5, 5.41) is 0.994. The van der Waals surface area contributed by atoms with E-state index in [1.165, 1.54) is 0 Å². The predicted octanol–water partition coefficient (Wildman–Crippen LogP) is 2.41. The zero-order valence-electron chi connectivity index (χ0n) is 11.0. The average molecular weight is 314 g/mol. The van der Waals surface area contributed by atoms with Gasteiger partial charge in [0.25, 0.3) is 0 Å². The summed E-state index contributed by atoms with van der Waals surface area (Å²) in [5.74, 6) is 1.58. The molecular weight excluding hydrogens is 301 g/mol. The van der Waals surface area contributed by atoms with Gasteiger partial charge in [0.15, 0.2) is 5.82 Å². The van der Waals surface area contributed by atoms with Crippen LogP contribution in [0.5, 0.6) is 5.75 Å². The standard InChI is InChI=1S/C12H13Cl2N5O/c1-19(2)12-17-10(16-11(15)18-12)6-20-9-4-7(13)3-8(14)5-9/h3-5H,6H2,1-2H3,(H2,15,16,17,18). The Morgan fingerprint density at radius 2 is 1.75 bits per heavy atom. The minimum absolute atomic E-state index is 0.143. The van der Waals surface area contributed by atoms with Crippen molar-refractivity contribution in [3.8, 4) is 5.75 Å². The summed E-state index contributed by atoms with van der Waals surface area (Å²) in [7, 11) is 3.63. The number of hydrogen-bond acceptors (Lipinski definition) is 6. The quantitative estimate of drug-likeness (QED) is 0.934. The van der Waals surface area contributed by atoms with Crippen LogP contribution in [0.1, 0.15) is 5.82 Å². The molecule has 2 aromatic rings. The van der Waals surface area contributed by atoms with Gasteiger partial charge < -0.3 is 15.4 Å². The molecule has 6 nitrogen and oxygen atoms in total. The summed E-state index contributed by atoms with van der Waals surface area (Å²) in [6.45, 7) is 0.143. The molecule has 0 aliphatic rings. The van der Waals surface area contributed by atoms with E-state index in [4.69, 9.17) is 33.7 Å². The fourth-order valence-corrected chi connectivity index (χ4v) is 1.96. The summed E-state index contributed by atoms with van der Waals surface area (Å²) in [6.07, 6.45) is 0. The van der Waals surface area contributed by atoms with E-state index in [0.717, 1.165) is 0 Å². The molecule has 0 radical (unpaired) electrons. The summed E-state index contributed by atoms with van der Waals surface area (Å²) in [6, 6.07) is 4.94. The smallest absolute Gasteiger partial charge is 0.230 e. The van der Waals surface area contributed by atoms with E-state index in [1.54, 1.807) is 23.1 Å². The molecule has 8 heteroatoms.